The van der Waals surface area contributed by atoms with Crippen LogP contribution in [-0.2, 0) is 14.3 Å². The van der Waals surface area contributed by atoms with Gasteiger partial charge in [0.15, 0.2) is 0 Å². The van der Waals surface area contributed by atoms with Crippen LogP contribution in [0, 0.1) is 5.41 Å². The van der Waals surface area contributed by atoms with Crippen molar-refractivity contribution in [1.29, 1.82) is 0 Å². The molecule has 0 aromatic heterocycles. The number of ether oxygens (including phenoxy) is 1. The maximum Gasteiger partial charge on any atom is 0.329 e. The van der Waals surface area contributed by atoms with Crippen LogP contribution >= 0.6 is 11.8 Å². The average Bonchev–Trinajstić information content (AvgIpc) is 2.31. The van der Waals surface area contributed by atoms with Crippen LogP contribution in [0.5, 0.6) is 0 Å². The van der Waals surface area contributed by atoms with Gasteiger partial charge in [0.05, 0.1) is 12.6 Å². The predicted molar refractivity (Wildman–Crippen MR) is 88.2 cm³/mol. The molecular formula is C15H30N2O3S. The fourth-order valence-corrected chi connectivity index (χ4v) is 2.29. The van der Waals surface area contributed by atoms with Crippen LogP contribution in [-0.4, -0.2) is 41.1 Å². The Morgan fingerprint density at radius 2 is 1.71 bits per heavy atom. The lowest BCUT2D eigenvalue weighted by Gasteiger charge is -2.28. The Morgan fingerprint density at radius 3 is 2.10 bits per heavy atom. The second-order valence-corrected chi connectivity index (χ2v) is 8.93. The summed E-state index contributed by atoms with van der Waals surface area (Å²) in [6.07, 6.45) is 0. The van der Waals surface area contributed by atoms with Gasteiger partial charge in [0.25, 0.3) is 0 Å². The summed E-state index contributed by atoms with van der Waals surface area (Å²) in [5.41, 5.74) is 5.57. The molecule has 1 unspecified atom stereocenters. The van der Waals surface area contributed by atoms with E-state index in [1.165, 1.54) is 0 Å². The van der Waals surface area contributed by atoms with Crippen molar-refractivity contribution in [3.05, 3.63) is 0 Å². The van der Waals surface area contributed by atoms with Crippen LogP contribution in [0.25, 0.3) is 0 Å². The topological polar surface area (TPSA) is 81.4 Å². The lowest BCUT2D eigenvalue weighted by atomic mass is 9.87. The van der Waals surface area contributed by atoms with Gasteiger partial charge in [-0.05, 0) is 12.3 Å². The van der Waals surface area contributed by atoms with Gasteiger partial charge in [-0.3, -0.25) is 4.79 Å². The number of rotatable bonds is 6. The van der Waals surface area contributed by atoms with Gasteiger partial charge in [-0.15, -0.1) is 0 Å². The number of thioether (sulfide) groups is 1. The molecule has 0 bridgehead atoms. The molecule has 0 fully saturated rings. The minimum atomic E-state index is -0.672. The number of nitrogens with one attached hydrogen (secondary N) is 1. The van der Waals surface area contributed by atoms with Crippen LogP contribution in [0.15, 0.2) is 0 Å². The monoisotopic (exact) mass is 318 g/mol. The Kier molecular flexibility index (Phi) is 7.75. The van der Waals surface area contributed by atoms with Gasteiger partial charge in [-0.25, -0.2) is 4.79 Å². The van der Waals surface area contributed by atoms with E-state index in [0.29, 0.717) is 5.75 Å². The number of amides is 1. The first-order chi connectivity index (χ1) is 9.38. The SMILES string of the molecule is CCOC(=O)[C@H](CSC(C)(C)C)NC(=O)C(N)C(C)(C)C. The molecule has 0 aromatic rings. The third kappa shape index (κ3) is 8.31. The molecule has 0 aliphatic carbocycles. The number of hydrogen-bond acceptors (Lipinski definition) is 5. The van der Waals surface area contributed by atoms with Gasteiger partial charge in [0.2, 0.25) is 5.91 Å². The average molecular weight is 318 g/mol. The summed E-state index contributed by atoms with van der Waals surface area (Å²) in [6, 6.07) is -1.34. The van der Waals surface area contributed by atoms with Crippen LogP contribution < -0.4 is 11.1 Å². The summed E-state index contributed by atoms with van der Waals surface area (Å²) in [7, 11) is 0. The third-order valence-electron chi connectivity index (χ3n) is 2.79. The summed E-state index contributed by atoms with van der Waals surface area (Å²) < 4.78 is 5.03. The van der Waals surface area contributed by atoms with E-state index in [9.17, 15) is 9.59 Å². The fraction of sp³-hybridized carbons (Fsp3) is 0.867. The second-order valence-electron chi connectivity index (χ2n) is 7.08. The quantitative estimate of drug-likeness (QED) is 0.732. The molecule has 0 saturated carbocycles. The standard InChI is InChI=1S/C15H30N2O3S/c1-8-20-13(19)10(9-21-15(5,6)7)17-12(18)11(16)14(2,3)4/h10-11H,8-9,16H2,1-7H3,(H,17,18)/t10-,11?/m0/s1. The molecule has 0 aromatic carbocycles. The van der Waals surface area contributed by atoms with E-state index in [-0.39, 0.29) is 22.7 Å². The van der Waals surface area contributed by atoms with E-state index in [4.69, 9.17) is 10.5 Å². The molecule has 2 atom stereocenters. The van der Waals surface area contributed by atoms with E-state index >= 15 is 0 Å². The molecular weight excluding hydrogens is 288 g/mol. The summed E-state index contributed by atoms with van der Waals surface area (Å²) in [4.78, 5) is 24.2. The fourth-order valence-electron chi connectivity index (χ4n) is 1.40. The summed E-state index contributed by atoms with van der Waals surface area (Å²) in [6.45, 7) is 13.9. The smallest absolute Gasteiger partial charge is 0.329 e. The highest BCUT2D eigenvalue weighted by molar-refractivity contribution is 8.00. The van der Waals surface area contributed by atoms with Crippen LogP contribution in [0.1, 0.15) is 48.5 Å². The van der Waals surface area contributed by atoms with Gasteiger partial charge < -0.3 is 15.8 Å². The number of esters is 1. The van der Waals surface area contributed by atoms with E-state index < -0.39 is 18.1 Å². The molecule has 3 N–H and O–H groups in total. The Balaban J connectivity index is 4.82. The molecule has 21 heavy (non-hydrogen) atoms. The molecule has 5 nitrogen and oxygen atoms in total. The Bertz CT molecular complexity index is 359. The zero-order valence-corrected chi connectivity index (χ0v) is 15.1. The van der Waals surface area contributed by atoms with Crippen molar-refractivity contribution in [3.8, 4) is 0 Å². The molecule has 6 heteroatoms. The van der Waals surface area contributed by atoms with Gasteiger partial charge >= 0.3 is 5.97 Å². The predicted octanol–water partition coefficient (Wildman–Crippen LogP) is 1.94. The number of nitrogens with two attached hydrogens (primary N) is 1. The first-order valence-corrected chi connectivity index (χ1v) is 8.23. The van der Waals surface area contributed by atoms with Crippen molar-refractivity contribution in [3.63, 3.8) is 0 Å². The first kappa shape index (κ1) is 20.2. The molecule has 1 amide bonds. The van der Waals surface area contributed by atoms with Crippen LogP contribution in [0.4, 0.5) is 0 Å². The lowest BCUT2D eigenvalue weighted by Crippen LogP contribution is -2.54. The van der Waals surface area contributed by atoms with Crippen molar-refractivity contribution in [2.24, 2.45) is 11.1 Å². The minimum absolute atomic E-state index is 0.00160. The highest BCUT2D eigenvalue weighted by Crippen LogP contribution is 2.24. The highest BCUT2D eigenvalue weighted by Gasteiger charge is 2.31. The van der Waals surface area contributed by atoms with Crippen LogP contribution in [0.2, 0.25) is 0 Å². The van der Waals surface area contributed by atoms with E-state index in [2.05, 4.69) is 26.1 Å². The molecule has 0 aliphatic rings. The Labute approximate surface area is 132 Å². The summed E-state index contributed by atoms with van der Waals surface area (Å²) in [5, 5.41) is 2.72. The largest absolute Gasteiger partial charge is 0.464 e. The van der Waals surface area contributed by atoms with E-state index in [0.717, 1.165) is 0 Å². The molecule has 0 rings (SSSR count). The number of carbonyl (C=O) groups excluding carboxylic acids is 2. The maximum absolute atomic E-state index is 12.2. The molecule has 124 valence electrons. The summed E-state index contributed by atoms with van der Waals surface area (Å²) in [5.74, 6) is -0.274. The van der Waals surface area contributed by atoms with Crippen molar-refractivity contribution in [1.82, 2.24) is 5.32 Å². The second kappa shape index (κ2) is 8.03. The highest BCUT2D eigenvalue weighted by atomic mass is 32.2. The van der Waals surface area contributed by atoms with Crippen molar-refractivity contribution >= 4 is 23.6 Å². The lowest BCUT2D eigenvalue weighted by molar-refractivity contribution is -0.147. The maximum atomic E-state index is 12.2. The van der Waals surface area contributed by atoms with Gasteiger partial charge in [0, 0.05) is 10.5 Å². The van der Waals surface area contributed by atoms with E-state index in [1.54, 1.807) is 18.7 Å². The number of hydrogen-bond donors (Lipinski definition) is 2. The van der Waals surface area contributed by atoms with Crippen molar-refractivity contribution in [2.75, 3.05) is 12.4 Å². The van der Waals surface area contributed by atoms with Crippen LogP contribution in [0.3, 0.4) is 0 Å². The van der Waals surface area contributed by atoms with Gasteiger partial charge in [-0.2, -0.15) is 11.8 Å². The molecule has 0 spiro atoms. The summed E-state index contributed by atoms with van der Waals surface area (Å²) >= 11 is 1.60. The van der Waals surface area contributed by atoms with Crippen molar-refractivity contribution in [2.45, 2.75) is 65.3 Å². The molecule has 0 heterocycles. The Hall–Kier alpha value is -0.750. The zero-order valence-electron chi connectivity index (χ0n) is 14.3. The molecule has 0 aliphatic heterocycles. The Morgan fingerprint density at radius 1 is 1.19 bits per heavy atom. The van der Waals surface area contributed by atoms with Gasteiger partial charge in [-0.1, -0.05) is 41.5 Å². The minimum Gasteiger partial charge on any atom is -0.464 e. The normalized spacial score (nSPS) is 15.2. The molecule has 0 radical (unpaired) electrons. The number of carbonyl (C=O) groups is 2. The van der Waals surface area contributed by atoms with Gasteiger partial charge in [0.1, 0.15) is 6.04 Å². The van der Waals surface area contributed by atoms with E-state index in [1.807, 2.05) is 20.8 Å². The first-order valence-electron chi connectivity index (χ1n) is 7.25. The zero-order chi connectivity index (χ0) is 16.8. The molecule has 0 saturated heterocycles. The third-order valence-corrected chi connectivity index (χ3v) is 4.15. The van der Waals surface area contributed by atoms with Crippen molar-refractivity contribution < 1.29 is 14.3 Å².